The van der Waals surface area contributed by atoms with Crippen molar-refractivity contribution in [1.29, 1.82) is 0 Å². The van der Waals surface area contributed by atoms with Crippen LogP contribution in [0.15, 0.2) is 96.1 Å². The van der Waals surface area contributed by atoms with E-state index in [2.05, 4.69) is 15.5 Å². The molecule has 1 heterocycles. The standard InChI is InChI=1S/C33H29N3O5/c1-4-40-28-19-22(13-18-27(28)41-33(38)24-14-16-25(39-3)17-15-24)20-34-36-32(37)31-29(23-10-6-5-7-11-23)26-12-8-9-21(2)30(26)35-31/h5-20,35H,4H2,1-3H3,(H,36,37). The number of aromatic amines is 1. The molecule has 0 saturated carbocycles. The molecule has 1 aromatic heterocycles. The Morgan fingerprint density at radius 3 is 2.44 bits per heavy atom. The fourth-order valence-electron chi connectivity index (χ4n) is 4.50. The molecule has 41 heavy (non-hydrogen) atoms. The fraction of sp³-hybridized carbons (Fsp3) is 0.121. The van der Waals surface area contributed by atoms with Crippen molar-refractivity contribution in [3.63, 3.8) is 0 Å². The van der Waals surface area contributed by atoms with E-state index in [0.29, 0.717) is 34.9 Å². The lowest BCUT2D eigenvalue weighted by Gasteiger charge is -2.11. The zero-order valence-corrected chi connectivity index (χ0v) is 22.9. The van der Waals surface area contributed by atoms with E-state index < -0.39 is 5.97 Å². The van der Waals surface area contributed by atoms with Crippen LogP contribution in [0.5, 0.6) is 17.2 Å². The lowest BCUT2D eigenvalue weighted by molar-refractivity contribution is 0.0728. The van der Waals surface area contributed by atoms with E-state index in [9.17, 15) is 9.59 Å². The molecule has 0 aliphatic heterocycles. The van der Waals surface area contributed by atoms with Crippen LogP contribution in [-0.2, 0) is 0 Å². The van der Waals surface area contributed by atoms with Gasteiger partial charge in [0.2, 0.25) is 0 Å². The average Bonchev–Trinajstić information content (AvgIpc) is 3.40. The number of methoxy groups -OCH3 is 1. The van der Waals surface area contributed by atoms with E-state index >= 15 is 0 Å². The van der Waals surface area contributed by atoms with Crippen LogP contribution < -0.4 is 19.6 Å². The van der Waals surface area contributed by atoms with Crippen molar-refractivity contribution in [2.45, 2.75) is 13.8 Å². The minimum atomic E-state index is -0.523. The summed E-state index contributed by atoms with van der Waals surface area (Å²) in [6, 6.07) is 27.4. The number of hydrazone groups is 1. The third-order valence-corrected chi connectivity index (χ3v) is 6.51. The Labute approximate surface area is 237 Å². The molecule has 1 amide bonds. The summed E-state index contributed by atoms with van der Waals surface area (Å²) in [7, 11) is 1.56. The monoisotopic (exact) mass is 547 g/mol. The van der Waals surface area contributed by atoms with Crippen molar-refractivity contribution in [3.8, 4) is 28.4 Å². The number of hydrogen-bond acceptors (Lipinski definition) is 6. The Bertz CT molecular complexity index is 1720. The minimum absolute atomic E-state index is 0.273. The number of benzene rings is 4. The average molecular weight is 548 g/mol. The summed E-state index contributed by atoms with van der Waals surface area (Å²) in [5.41, 5.74) is 7.77. The molecule has 5 aromatic rings. The maximum atomic E-state index is 13.3. The molecule has 0 saturated heterocycles. The summed E-state index contributed by atoms with van der Waals surface area (Å²) in [5, 5.41) is 5.15. The second kappa shape index (κ2) is 12.2. The van der Waals surface area contributed by atoms with Crippen molar-refractivity contribution in [2.75, 3.05) is 13.7 Å². The van der Waals surface area contributed by atoms with Crippen LogP contribution in [0.2, 0.25) is 0 Å². The number of aromatic nitrogens is 1. The molecule has 2 N–H and O–H groups in total. The number of rotatable bonds is 9. The van der Waals surface area contributed by atoms with Gasteiger partial charge in [0.25, 0.3) is 5.91 Å². The van der Waals surface area contributed by atoms with Crippen LogP contribution in [0.25, 0.3) is 22.0 Å². The highest BCUT2D eigenvalue weighted by atomic mass is 16.6. The van der Waals surface area contributed by atoms with Gasteiger partial charge in [-0.05, 0) is 73.0 Å². The molecule has 0 radical (unpaired) electrons. The number of nitrogens with one attached hydrogen (secondary N) is 2. The summed E-state index contributed by atoms with van der Waals surface area (Å²) in [4.78, 5) is 29.2. The van der Waals surface area contributed by atoms with Gasteiger partial charge in [0, 0.05) is 16.5 Å². The largest absolute Gasteiger partial charge is 0.497 e. The topological polar surface area (TPSA) is 102 Å². The lowest BCUT2D eigenvalue weighted by Crippen LogP contribution is -2.19. The number of carbonyl (C=O) groups is 2. The van der Waals surface area contributed by atoms with Crippen LogP contribution in [-0.4, -0.2) is 36.8 Å². The molecule has 0 atom stereocenters. The highest BCUT2D eigenvalue weighted by Crippen LogP contribution is 2.34. The number of nitrogens with zero attached hydrogens (tertiary/aromatic N) is 1. The Hall–Kier alpha value is -5.37. The highest BCUT2D eigenvalue weighted by Gasteiger charge is 2.20. The number of carbonyl (C=O) groups excluding carboxylic acids is 2. The van der Waals surface area contributed by atoms with E-state index in [1.54, 1.807) is 49.6 Å². The van der Waals surface area contributed by atoms with E-state index in [1.165, 1.54) is 6.21 Å². The van der Waals surface area contributed by atoms with Crippen molar-refractivity contribution in [2.24, 2.45) is 5.10 Å². The van der Waals surface area contributed by atoms with Gasteiger partial charge in [0.05, 0.1) is 25.5 Å². The predicted octanol–water partition coefficient (Wildman–Crippen LogP) is 6.53. The van der Waals surface area contributed by atoms with Crippen molar-refractivity contribution in [3.05, 3.63) is 113 Å². The maximum Gasteiger partial charge on any atom is 0.343 e. The number of aryl methyl sites for hydroxylation is 1. The summed E-state index contributed by atoms with van der Waals surface area (Å²) in [6.07, 6.45) is 1.51. The van der Waals surface area contributed by atoms with Crippen LogP contribution in [0.1, 0.15) is 38.9 Å². The molecule has 5 rings (SSSR count). The molecular formula is C33H29N3O5. The normalized spacial score (nSPS) is 11.0. The molecule has 0 spiro atoms. The molecule has 0 fully saturated rings. The third kappa shape index (κ3) is 5.96. The molecular weight excluding hydrogens is 518 g/mol. The van der Waals surface area contributed by atoms with Gasteiger partial charge >= 0.3 is 5.97 Å². The smallest absolute Gasteiger partial charge is 0.343 e. The Morgan fingerprint density at radius 1 is 0.927 bits per heavy atom. The van der Waals surface area contributed by atoms with E-state index in [1.807, 2.05) is 62.4 Å². The number of ether oxygens (including phenoxy) is 3. The van der Waals surface area contributed by atoms with Crippen molar-refractivity contribution < 1.29 is 23.8 Å². The molecule has 8 nitrogen and oxygen atoms in total. The highest BCUT2D eigenvalue weighted by molar-refractivity contribution is 6.10. The third-order valence-electron chi connectivity index (χ3n) is 6.51. The molecule has 0 aliphatic rings. The van der Waals surface area contributed by atoms with E-state index in [-0.39, 0.29) is 11.7 Å². The van der Waals surface area contributed by atoms with E-state index in [4.69, 9.17) is 14.2 Å². The van der Waals surface area contributed by atoms with Crippen molar-refractivity contribution >= 4 is 29.0 Å². The van der Waals surface area contributed by atoms with Gasteiger partial charge in [0.15, 0.2) is 11.5 Å². The van der Waals surface area contributed by atoms with Gasteiger partial charge in [-0.25, -0.2) is 10.2 Å². The SMILES string of the molecule is CCOc1cc(C=NNC(=O)c2[nH]c3c(C)cccc3c2-c2ccccc2)ccc1OC(=O)c1ccc(OC)cc1. The first-order valence-electron chi connectivity index (χ1n) is 13.1. The summed E-state index contributed by atoms with van der Waals surface area (Å²) in [5.74, 6) is 0.399. The first kappa shape index (κ1) is 27.2. The summed E-state index contributed by atoms with van der Waals surface area (Å²) in [6.45, 7) is 4.20. The van der Waals surface area contributed by atoms with Gasteiger partial charge in [-0.15, -0.1) is 0 Å². The lowest BCUT2D eigenvalue weighted by atomic mass is 10.0. The number of H-pyrrole nitrogens is 1. The molecule has 4 aromatic carbocycles. The molecule has 0 aliphatic carbocycles. The van der Waals surface area contributed by atoms with Crippen LogP contribution in [0.3, 0.4) is 0 Å². The summed E-state index contributed by atoms with van der Waals surface area (Å²) >= 11 is 0. The minimum Gasteiger partial charge on any atom is -0.497 e. The molecule has 8 heteroatoms. The van der Waals surface area contributed by atoms with Crippen LogP contribution >= 0.6 is 0 Å². The van der Waals surface area contributed by atoms with Crippen LogP contribution in [0, 0.1) is 6.92 Å². The maximum absolute atomic E-state index is 13.3. The molecule has 206 valence electrons. The Kier molecular flexibility index (Phi) is 8.10. The second-order valence-corrected chi connectivity index (χ2v) is 9.19. The van der Waals surface area contributed by atoms with Gasteiger partial charge in [-0.3, -0.25) is 4.79 Å². The van der Waals surface area contributed by atoms with Crippen molar-refractivity contribution in [1.82, 2.24) is 10.4 Å². The van der Waals surface area contributed by atoms with Gasteiger partial charge < -0.3 is 19.2 Å². The first-order valence-corrected chi connectivity index (χ1v) is 13.1. The quantitative estimate of drug-likeness (QED) is 0.0945. The predicted molar refractivity (Wildman–Crippen MR) is 159 cm³/mol. The van der Waals surface area contributed by atoms with Crippen LogP contribution in [0.4, 0.5) is 0 Å². The number of amides is 1. The number of esters is 1. The number of para-hydroxylation sites is 1. The Morgan fingerprint density at radius 2 is 1.71 bits per heavy atom. The van der Waals surface area contributed by atoms with E-state index in [0.717, 1.165) is 27.6 Å². The van der Waals surface area contributed by atoms with Gasteiger partial charge in [0.1, 0.15) is 11.4 Å². The zero-order chi connectivity index (χ0) is 28.8. The Balaban J connectivity index is 1.35. The molecule has 0 bridgehead atoms. The zero-order valence-electron chi connectivity index (χ0n) is 22.9. The van der Waals surface area contributed by atoms with Gasteiger partial charge in [-0.2, -0.15) is 5.10 Å². The summed E-state index contributed by atoms with van der Waals surface area (Å²) < 4.78 is 16.4. The van der Waals surface area contributed by atoms with Gasteiger partial charge in [-0.1, -0.05) is 48.5 Å². The number of fused-ring (bicyclic) bond motifs is 1. The number of hydrogen-bond donors (Lipinski definition) is 2. The first-order chi connectivity index (χ1) is 20.0. The fourth-order valence-corrected chi connectivity index (χ4v) is 4.50. The second-order valence-electron chi connectivity index (χ2n) is 9.19. The molecule has 0 unspecified atom stereocenters.